The summed E-state index contributed by atoms with van der Waals surface area (Å²) in [5.74, 6) is -0.113. The van der Waals surface area contributed by atoms with Gasteiger partial charge in [0.1, 0.15) is 6.04 Å². The summed E-state index contributed by atoms with van der Waals surface area (Å²) in [7, 11) is -3.31. The van der Waals surface area contributed by atoms with E-state index in [0.717, 1.165) is 6.42 Å². The summed E-state index contributed by atoms with van der Waals surface area (Å²) in [6, 6.07) is 6.16. The first-order chi connectivity index (χ1) is 9.42. The molecule has 0 bridgehead atoms. The maximum atomic E-state index is 12.0. The molecule has 5 nitrogen and oxygen atoms in total. The van der Waals surface area contributed by atoms with E-state index in [1.165, 1.54) is 0 Å². The zero-order valence-electron chi connectivity index (χ0n) is 12.1. The van der Waals surface area contributed by atoms with Crippen LogP contribution in [0.15, 0.2) is 29.2 Å². The summed E-state index contributed by atoms with van der Waals surface area (Å²) in [5, 5.41) is 5.74. The molecule has 0 aromatic heterocycles. The number of sulfone groups is 1. The highest BCUT2D eigenvalue weighted by Gasteiger charge is 2.19. The lowest BCUT2D eigenvalue weighted by Crippen LogP contribution is -2.38. The molecule has 112 valence electrons. The standard InChI is InChI=1S/C14H22N2O3S/c1-4-10-15-14(17)11(3)16-12-8-6-7-9-13(12)20(18,19)5-2/h6-9,11,16H,4-5,10H2,1-3H3,(H,15,17). The molecule has 1 amide bonds. The van der Waals surface area contributed by atoms with Gasteiger partial charge in [0.25, 0.3) is 0 Å². The predicted octanol–water partition coefficient (Wildman–Crippen LogP) is 1.81. The van der Waals surface area contributed by atoms with Gasteiger partial charge in [-0.2, -0.15) is 0 Å². The molecule has 1 aromatic rings. The number of carbonyl (C=O) groups is 1. The molecule has 0 aliphatic carbocycles. The van der Waals surface area contributed by atoms with E-state index < -0.39 is 15.9 Å². The topological polar surface area (TPSA) is 75.3 Å². The van der Waals surface area contributed by atoms with E-state index in [-0.39, 0.29) is 16.6 Å². The van der Waals surface area contributed by atoms with Crippen LogP contribution in [0.5, 0.6) is 0 Å². The average Bonchev–Trinajstić information content (AvgIpc) is 2.45. The van der Waals surface area contributed by atoms with E-state index in [2.05, 4.69) is 10.6 Å². The Morgan fingerprint density at radius 3 is 2.50 bits per heavy atom. The molecule has 0 spiro atoms. The molecule has 0 saturated heterocycles. The second kappa shape index (κ2) is 7.28. The summed E-state index contributed by atoms with van der Waals surface area (Å²) < 4.78 is 24.0. The number of rotatable bonds is 7. The van der Waals surface area contributed by atoms with Crippen molar-refractivity contribution >= 4 is 21.4 Å². The minimum absolute atomic E-state index is 0.0299. The van der Waals surface area contributed by atoms with Gasteiger partial charge in [-0.3, -0.25) is 4.79 Å². The van der Waals surface area contributed by atoms with Gasteiger partial charge in [-0.1, -0.05) is 26.0 Å². The van der Waals surface area contributed by atoms with Crippen LogP contribution in [0.2, 0.25) is 0 Å². The van der Waals surface area contributed by atoms with Gasteiger partial charge >= 0.3 is 0 Å². The summed E-state index contributed by atoms with van der Waals surface area (Å²) in [5.41, 5.74) is 0.466. The Hall–Kier alpha value is -1.56. The molecule has 20 heavy (non-hydrogen) atoms. The van der Waals surface area contributed by atoms with E-state index >= 15 is 0 Å². The number of hydrogen-bond donors (Lipinski definition) is 2. The SMILES string of the molecule is CCCNC(=O)C(C)Nc1ccccc1S(=O)(=O)CC. The smallest absolute Gasteiger partial charge is 0.242 e. The Labute approximate surface area is 120 Å². The van der Waals surface area contributed by atoms with Crippen LogP contribution in [0.4, 0.5) is 5.69 Å². The third kappa shape index (κ3) is 4.23. The molecule has 1 aromatic carbocycles. The van der Waals surface area contributed by atoms with Crippen molar-refractivity contribution in [3.05, 3.63) is 24.3 Å². The molecule has 1 rings (SSSR count). The van der Waals surface area contributed by atoms with Crippen LogP contribution in [0, 0.1) is 0 Å². The van der Waals surface area contributed by atoms with Gasteiger partial charge in [0.2, 0.25) is 5.91 Å². The van der Waals surface area contributed by atoms with E-state index in [0.29, 0.717) is 12.2 Å². The van der Waals surface area contributed by atoms with Crippen LogP contribution in [0.1, 0.15) is 27.2 Å². The highest BCUT2D eigenvalue weighted by atomic mass is 32.2. The molecule has 0 fully saturated rings. The highest BCUT2D eigenvalue weighted by molar-refractivity contribution is 7.91. The summed E-state index contributed by atoms with van der Waals surface area (Å²) in [4.78, 5) is 12.0. The Morgan fingerprint density at radius 2 is 1.90 bits per heavy atom. The van der Waals surface area contributed by atoms with E-state index in [1.807, 2.05) is 6.92 Å². The zero-order valence-corrected chi connectivity index (χ0v) is 13.0. The van der Waals surface area contributed by atoms with Gasteiger partial charge in [0, 0.05) is 6.54 Å². The van der Waals surface area contributed by atoms with Gasteiger partial charge in [0.05, 0.1) is 16.3 Å². The third-order valence-electron chi connectivity index (χ3n) is 2.92. The second-order valence-corrected chi connectivity index (χ2v) is 6.80. The Morgan fingerprint density at radius 1 is 1.25 bits per heavy atom. The molecular weight excluding hydrogens is 276 g/mol. The lowest BCUT2D eigenvalue weighted by atomic mass is 10.2. The van der Waals surface area contributed by atoms with Crippen LogP contribution in [-0.4, -0.2) is 32.7 Å². The first kappa shape index (κ1) is 16.5. The van der Waals surface area contributed by atoms with Crippen LogP contribution in [0.3, 0.4) is 0 Å². The second-order valence-electron chi connectivity index (χ2n) is 4.56. The van der Waals surface area contributed by atoms with Gasteiger partial charge in [-0.25, -0.2) is 8.42 Å². The third-order valence-corrected chi connectivity index (χ3v) is 4.70. The molecule has 0 saturated carbocycles. The quantitative estimate of drug-likeness (QED) is 0.805. The van der Waals surface area contributed by atoms with E-state index in [9.17, 15) is 13.2 Å². The van der Waals surface area contributed by atoms with Gasteiger partial charge in [-0.05, 0) is 25.5 Å². The van der Waals surface area contributed by atoms with Crippen LogP contribution < -0.4 is 10.6 Å². The fourth-order valence-corrected chi connectivity index (χ4v) is 2.77. The van der Waals surface area contributed by atoms with Gasteiger partial charge in [-0.15, -0.1) is 0 Å². The van der Waals surface area contributed by atoms with Crippen molar-refractivity contribution in [2.24, 2.45) is 0 Å². The number of benzene rings is 1. The first-order valence-electron chi connectivity index (χ1n) is 6.78. The Balaban J connectivity index is 2.91. The van der Waals surface area contributed by atoms with Crippen LogP contribution in [0.25, 0.3) is 0 Å². The maximum absolute atomic E-state index is 12.0. The number of anilines is 1. The van der Waals surface area contributed by atoms with Crippen LogP contribution >= 0.6 is 0 Å². The summed E-state index contributed by atoms with van der Waals surface area (Å²) in [6.45, 7) is 5.89. The number of carbonyl (C=O) groups excluding carboxylic acids is 1. The lowest BCUT2D eigenvalue weighted by Gasteiger charge is -2.17. The number of para-hydroxylation sites is 1. The van der Waals surface area contributed by atoms with Gasteiger partial charge in [0.15, 0.2) is 9.84 Å². The van der Waals surface area contributed by atoms with Crippen LogP contribution in [-0.2, 0) is 14.6 Å². The van der Waals surface area contributed by atoms with Gasteiger partial charge < -0.3 is 10.6 Å². The van der Waals surface area contributed by atoms with Crippen molar-refractivity contribution in [3.8, 4) is 0 Å². The largest absolute Gasteiger partial charge is 0.373 e. The molecule has 0 radical (unpaired) electrons. The minimum atomic E-state index is -3.31. The molecule has 0 aliphatic rings. The van der Waals surface area contributed by atoms with Crippen molar-refractivity contribution in [1.82, 2.24) is 5.32 Å². The molecule has 0 heterocycles. The number of nitrogens with one attached hydrogen (secondary N) is 2. The average molecular weight is 298 g/mol. The van der Waals surface area contributed by atoms with Crippen molar-refractivity contribution in [2.75, 3.05) is 17.6 Å². The molecule has 2 N–H and O–H groups in total. The molecule has 6 heteroatoms. The fraction of sp³-hybridized carbons (Fsp3) is 0.500. The maximum Gasteiger partial charge on any atom is 0.242 e. The molecule has 0 aliphatic heterocycles. The predicted molar refractivity (Wildman–Crippen MR) is 80.6 cm³/mol. The molecule has 1 atom stereocenters. The fourth-order valence-electron chi connectivity index (χ4n) is 1.71. The highest BCUT2D eigenvalue weighted by Crippen LogP contribution is 2.22. The first-order valence-corrected chi connectivity index (χ1v) is 8.43. The molecule has 1 unspecified atom stereocenters. The number of amides is 1. The lowest BCUT2D eigenvalue weighted by molar-refractivity contribution is -0.121. The van der Waals surface area contributed by atoms with Crippen molar-refractivity contribution < 1.29 is 13.2 Å². The van der Waals surface area contributed by atoms with E-state index in [4.69, 9.17) is 0 Å². The zero-order chi connectivity index (χ0) is 15.2. The van der Waals surface area contributed by atoms with E-state index in [1.54, 1.807) is 38.1 Å². The monoisotopic (exact) mass is 298 g/mol. The Kier molecular flexibility index (Phi) is 6.01. The van der Waals surface area contributed by atoms with Crippen molar-refractivity contribution in [2.45, 2.75) is 38.1 Å². The molecular formula is C14H22N2O3S. The van der Waals surface area contributed by atoms with Crippen molar-refractivity contribution in [1.29, 1.82) is 0 Å². The Bertz CT molecular complexity index is 555. The number of hydrogen-bond acceptors (Lipinski definition) is 4. The summed E-state index contributed by atoms with van der Waals surface area (Å²) >= 11 is 0. The minimum Gasteiger partial charge on any atom is -0.373 e. The normalized spacial score (nSPS) is 12.8. The van der Waals surface area contributed by atoms with Crippen molar-refractivity contribution in [3.63, 3.8) is 0 Å². The summed E-state index contributed by atoms with van der Waals surface area (Å²) in [6.07, 6.45) is 0.860.